The summed E-state index contributed by atoms with van der Waals surface area (Å²) in [5.74, 6) is 0.954. The van der Waals surface area contributed by atoms with Crippen LogP contribution in [0.15, 0.2) is 42.6 Å². The molecule has 2 aromatic rings. The molecule has 3 heteroatoms. The highest BCUT2D eigenvalue weighted by molar-refractivity contribution is 5.34. The normalized spacial score (nSPS) is 12.4. The summed E-state index contributed by atoms with van der Waals surface area (Å²) < 4.78 is 1.93. The van der Waals surface area contributed by atoms with Crippen molar-refractivity contribution in [2.24, 2.45) is 0 Å². The largest absolute Gasteiger partial charge is 0.366 e. The van der Waals surface area contributed by atoms with Gasteiger partial charge < -0.3 is 5.32 Å². The summed E-state index contributed by atoms with van der Waals surface area (Å²) in [6, 6.07) is 12.9. The molecular formula is C14H19N3. The summed E-state index contributed by atoms with van der Waals surface area (Å²) >= 11 is 0. The topological polar surface area (TPSA) is 29.9 Å². The van der Waals surface area contributed by atoms with Crippen LogP contribution in [-0.4, -0.2) is 15.8 Å². The summed E-state index contributed by atoms with van der Waals surface area (Å²) in [6.45, 7) is 5.18. The van der Waals surface area contributed by atoms with E-state index in [1.165, 1.54) is 5.56 Å². The van der Waals surface area contributed by atoms with Crippen LogP contribution in [-0.2, 0) is 13.0 Å². The Bertz CT molecular complexity index is 448. The lowest BCUT2D eigenvalue weighted by molar-refractivity contribution is 0.657. The van der Waals surface area contributed by atoms with Gasteiger partial charge in [0, 0.05) is 24.8 Å². The number of anilines is 1. The second-order valence-corrected chi connectivity index (χ2v) is 4.29. The molecule has 17 heavy (non-hydrogen) atoms. The van der Waals surface area contributed by atoms with Crippen molar-refractivity contribution < 1.29 is 0 Å². The molecule has 0 spiro atoms. The molecule has 0 bridgehead atoms. The van der Waals surface area contributed by atoms with Gasteiger partial charge in [-0.05, 0) is 25.8 Å². The van der Waals surface area contributed by atoms with E-state index in [2.05, 4.69) is 48.5 Å². The lowest BCUT2D eigenvalue weighted by atomic mass is 10.1. The van der Waals surface area contributed by atoms with Gasteiger partial charge in [0.25, 0.3) is 0 Å². The van der Waals surface area contributed by atoms with Gasteiger partial charge in [-0.25, -0.2) is 0 Å². The van der Waals surface area contributed by atoms with Crippen molar-refractivity contribution >= 4 is 5.82 Å². The highest BCUT2D eigenvalue weighted by Crippen LogP contribution is 2.08. The molecule has 1 atom stereocenters. The van der Waals surface area contributed by atoms with Gasteiger partial charge in [0.2, 0.25) is 0 Å². The van der Waals surface area contributed by atoms with Crippen molar-refractivity contribution in [2.75, 3.05) is 5.32 Å². The van der Waals surface area contributed by atoms with E-state index in [0.29, 0.717) is 6.04 Å². The van der Waals surface area contributed by atoms with Crippen molar-refractivity contribution in [1.29, 1.82) is 0 Å². The average Bonchev–Trinajstić information content (AvgIpc) is 2.78. The first-order chi connectivity index (χ1) is 8.28. The van der Waals surface area contributed by atoms with Gasteiger partial charge in [0.1, 0.15) is 5.82 Å². The van der Waals surface area contributed by atoms with Gasteiger partial charge in [0.15, 0.2) is 0 Å². The molecule has 0 saturated heterocycles. The number of nitrogens with one attached hydrogen (secondary N) is 1. The quantitative estimate of drug-likeness (QED) is 0.854. The second kappa shape index (κ2) is 5.53. The van der Waals surface area contributed by atoms with E-state index in [1.807, 2.05) is 23.0 Å². The lowest BCUT2D eigenvalue weighted by Gasteiger charge is -2.13. The standard InChI is InChI=1S/C14H19N3/c1-3-17-10-9-14(16-17)15-12(2)11-13-7-5-4-6-8-13/h4-10,12H,3,11H2,1-2H3,(H,15,16). The van der Waals surface area contributed by atoms with Crippen molar-refractivity contribution in [1.82, 2.24) is 9.78 Å². The monoisotopic (exact) mass is 229 g/mol. The smallest absolute Gasteiger partial charge is 0.148 e. The fourth-order valence-electron chi connectivity index (χ4n) is 1.89. The summed E-state index contributed by atoms with van der Waals surface area (Å²) in [4.78, 5) is 0. The van der Waals surface area contributed by atoms with Crippen LogP contribution in [0.4, 0.5) is 5.82 Å². The predicted octanol–water partition coefficient (Wildman–Crippen LogP) is 2.95. The fourth-order valence-corrected chi connectivity index (χ4v) is 1.89. The van der Waals surface area contributed by atoms with Gasteiger partial charge >= 0.3 is 0 Å². The molecule has 0 amide bonds. The van der Waals surface area contributed by atoms with E-state index in [9.17, 15) is 0 Å². The lowest BCUT2D eigenvalue weighted by Crippen LogP contribution is -2.18. The van der Waals surface area contributed by atoms with Gasteiger partial charge in [-0.15, -0.1) is 0 Å². The third kappa shape index (κ3) is 3.34. The van der Waals surface area contributed by atoms with Crippen molar-refractivity contribution in [3.05, 3.63) is 48.2 Å². The Morgan fingerprint density at radius 1 is 1.24 bits per heavy atom. The molecule has 0 aliphatic carbocycles. The van der Waals surface area contributed by atoms with Crippen LogP contribution < -0.4 is 5.32 Å². The third-order valence-corrected chi connectivity index (χ3v) is 2.74. The molecule has 1 heterocycles. The van der Waals surface area contributed by atoms with Gasteiger partial charge in [-0.2, -0.15) is 5.10 Å². The predicted molar refractivity (Wildman–Crippen MR) is 71.1 cm³/mol. The molecule has 1 N–H and O–H groups in total. The molecule has 0 fully saturated rings. The first-order valence-corrected chi connectivity index (χ1v) is 6.12. The number of benzene rings is 1. The van der Waals surface area contributed by atoms with E-state index in [1.54, 1.807) is 0 Å². The molecule has 2 rings (SSSR count). The molecule has 0 saturated carbocycles. The maximum absolute atomic E-state index is 4.42. The zero-order valence-corrected chi connectivity index (χ0v) is 10.4. The minimum absolute atomic E-state index is 0.387. The van der Waals surface area contributed by atoms with Gasteiger partial charge in [-0.1, -0.05) is 30.3 Å². The van der Waals surface area contributed by atoms with Crippen LogP contribution in [0, 0.1) is 0 Å². The number of rotatable bonds is 5. The van der Waals surface area contributed by atoms with Crippen LogP contribution in [0.3, 0.4) is 0 Å². The van der Waals surface area contributed by atoms with E-state index in [4.69, 9.17) is 0 Å². The molecule has 1 aromatic heterocycles. The van der Waals surface area contributed by atoms with E-state index in [0.717, 1.165) is 18.8 Å². The third-order valence-electron chi connectivity index (χ3n) is 2.74. The Morgan fingerprint density at radius 3 is 2.65 bits per heavy atom. The molecule has 1 aromatic carbocycles. The van der Waals surface area contributed by atoms with Gasteiger partial charge in [0.05, 0.1) is 0 Å². The Kier molecular flexibility index (Phi) is 3.81. The Balaban J connectivity index is 1.91. The average molecular weight is 229 g/mol. The van der Waals surface area contributed by atoms with Gasteiger partial charge in [-0.3, -0.25) is 4.68 Å². The molecule has 1 unspecified atom stereocenters. The summed E-state index contributed by atoms with van der Waals surface area (Å²) in [5, 5.41) is 7.83. The second-order valence-electron chi connectivity index (χ2n) is 4.29. The SMILES string of the molecule is CCn1ccc(NC(C)Cc2ccccc2)n1. The Hall–Kier alpha value is -1.77. The van der Waals surface area contributed by atoms with E-state index < -0.39 is 0 Å². The van der Waals surface area contributed by atoms with Crippen molar-refractivity contribution in [2.45, 2.75) is 32.9 Å². The molecule has 90 valence electrons. The molecule has 0 radical (unpaired) electrons. The molecule has 3 nitrogen and oxygen atoms in total. The highest BCUT2D eigenvalue weighted by atomic mass is 15.3. The molecular weight excluding hydrogens is 210 g/mol. The fraction of sp³-hybridized carbons (Fsp3) is 0.357. The van der Waals surface area contributed by atoms with Crippen LogP contribution in [0.5, 0.6) is 0 Å². The number of hydrogen-bond donors (Lipinski definition) is 1. The number of aromatic nitrogens is 2. The van der Waals surface area contributed by atoms with Crippen LogP contribution >= 0.6 is 0 Å². The van der Waals surface area contributed by atoms with E-state index >= 15 is 0 Å². The summed E-state index contributed by atoms with van der Waals surface area (Å²) in [5.41, 5.74) is 1.35. The maximum Gasteiger partial charge on any atom is 0.148 e. The van der Waals surface area contributed by atoms with Crippen LogP contribution in [0.1, 0.15) is 19.4 Å². The van der Waals surface area contributed by atoms with Crippen molar-refractivity contribution in [3.8, 4) is 0 Å². The van der Waals surface area contributed by atoms with Crippen LogP contribution in [0.2, 0.25) is 0 Å². The highest BCUT2D eigenvalue weighted by Gasteiger charge is 2.05. The maximum atomic E-state index is 4.42. The summed E-state index contributed by atoms with van der Waals surface area (Å²) in [7, 11) is 0. The first-order valence-electron chi connectivity index (χ1n) is 6.12. The molecule has 0 aliphatic rings. The number of hydrogen-bond acceptors (Lipinski definition) is 2. The summed E-state index contributed by atoms with van der Waals surface area (Å²) in [6.07, 6.45) is 3.01. The van der Waals surface area contributed by atoms with Crippen molar-refractivity contribution in [3.63, 3.8) is 0 Å². The van der Waals surface area contributed by atoms with Crippen LogP contribution in [0.25, 0.3) is 0 Å². The Morgan fingerprint density at radius 2 is 2.00 bits per heavy atom. The minimum atomic E-state index is 0.387. The zero-order chi connectivity index (χ0) is 12.1. The first kappa shape index (κ1) is 11.7. The Labute approximate surface area is 102 Å². The minimum Gasteiger partial charge on any atom is -0.366 e. The number of aryl methyl sites for hydroxylation is 1. The molecule has 0 aliphatic heterocycles. The zero-order valence-electron chi connectivity index (χ0n) is 10.4. The number of nitrogens with zero attached hydrogens (tertiary/aromatic N) is 2. The van der Waals surface area contributed by atoms with E-state index in [-0.39, 0.29) is 0 Å².